The van der Waals surface area contributed by atoms with Crippen LogP contribution in [0.2, 0.25) is 0 Å². The van der Waals surface area contributed by atoms with Crippen LogP contribution in [0.1, 0.15) is 24.8 Å². The van der Waals surface area contributed by atoms with Crippen molar-refractivity contribution in [2.24, 2.45) is 10.9 Å². The van der Waals surface area contributed by atoms with E-state index in [4.69, 9.17) is 24.5 Å². The van der Waals surface area contributed by atoms with Crippen LogP contribution in [0.3, 0.4) is 0 Å². The summed E-state index contributed by atoms with van der Waals surface area (Å²) >= 11 is 0. The Balaban J connectivity index is 1.82. The number of hydrogen-bond donors (Lipinski definition) is 1. The van der Waals surface area contributed by atoms with Crippen molar-refractivity contribution in [2.45, 2.75) is 18.9 Å². The van der Waals surface area contributed by atoms with Crippen molar-refractivity contribution in [3.63, 3.8) is 0 Å². The number of methoxy groups -OCH3 is 1. The van der Waals surface area contributed by atoms with Gasteiger partial charge >= 0.3 is 0 Å². The van der Waals surface area contributed by atoms with Crippen LogP contribution in [0.15, 0.2) is 34.2 Å². The first-order chi connectivity index (χ1) is 11.5. The number of oxime groups is 1. The molecule has 1 aromatic heterocycles. The molecule has 126 valence electrons. The van der Waals surface area contributed by atoms with Gasteiger partial charge in [-0.3, -0.25) is 4.79 Å². The highest BCUT2D eigenvalue weighted by atomic mass is 16.7. The Hall–Kier alpha value is -3.10. The summed E-state index contributed by atoms with van der Waals surface area (Å²) in [7, 11) is 1.51. The van der Waals surface area contributed by atoms with E-state index >= 15 is 0 Å². The third kappa shape index (κ3) is 3.00. The van der Waals surface area contributed by atoms with Crippen LogP contribution in [-0.2, 0) is 15.2 Å². The maximum atomic E-state index is 10.9. The summed E-state index contributed by atoms with van der Waals surface area (Å²) in [6.07, 6.45) is 1.68. The highest BCUT2D eigenvalue weighted by Gasteiger charge is 2.41. The summed E-state index contributed by atoms with van der Waals surface area (Å²) in [5.41, 5.74) is 5.74. The van der Waals surface area contributed by atoms with Crippen LogP contribution in [0, 0.1) is 0 Å². The van der Waals surface area contributed by atoms with Crippen LogP contribution >= 0.6 is 0 Å². The average molecular weight is 332 g/mol. The van der Waals surface area contributed by atoms with Crippen molar-refractivity contribution < 1.29 is 23.5 Å². The number of carbonyl (C=O) groups is 1. The van der Waals surface area contributed by atoms with Gasteiger partial charge in [0.15, 0.2) is 18.1 Å². The Morgan fingerprint density at radius 1 is 1.42 bits per heavy atom. The van der Waals surface area contributed by atoms with E-state index in [0.717, 1.165) is 5.56 Å². The van der Waals surface area contributed by atoms with Gasteiger partial charge < -0.3 is 24.5 Å². The number of nitrogens with zero attached hydrogens (tertiary/aromatic N) is 3. The van der Waals surface area contributed by atoms with E-state index in [2.05, 4.69) is 15.4 Å². The molecule has 0 saturated heterocycles. The zero-order valence-corrected chi connectivity index (χ0v) is 13.2. The molecule has 9 heteroatoms. The number of primary amides is 1. The Labute approximate surface area is 137 Å². The summed E-state index contributed by atoms with van der Waals surface area (Å²) in [5.74, 6) is 0.648. The molecule has 0 saturated carbocycles. The van der Waals surface area contributed by atoms with Gasteiger partial charge in [-0.1, -0.05) is 5.16 Å². The maximum Gasteiger partial charge on any atom is 0.262 e. The van der Waals surface area contributed by atoms with Crippen molar-refractivity contribution >= 4 is 11.6 Å². The zero-order chi connectivity index (χ0) is 17.2. The van der Waals surface area contributed by atoms with E-state index < -0.39 is 11.5 Å². The van der Waals surface area contributed by atoms with Crippen molar-refractivity contribution in [1.29, 1.82) is 0 Å². The minimum Gasteiger partial charge on any atom is -0.493 e. The van der Waals surface area contributed by atoms with Gasteiger partial charge in [0.2, 0.25) is 12.0 Å². The molecular weight excluding hydrogens is 316 g/mol. The molecule has 2 aromatic rings. The van der Waals surface area contributed by atoms with E-state index in [1.807, 2.05) is 13.0 Å². The molecule has 1 aliphatic heterocycles. The number of nitrogens with two attached hydrogens (primary N) is 1. The lowest BCUT2D eigenvalue weighted by atomic mass is 9.95. The Kier molecular flexibility index (Phi) is 4.07. The molecule has 24 heavy (non-hydrogen) atoms. The van der Waals surface area contributed by atoms with Crippen molar-refractivity contribution in [3.8, 4) is 11.5 Å². The first-order valence-corrected chi connectivity index (χ1v) is 7.13. The molecule has 1 aromatic carbocycles. The lowest BCUT2D eigenvalue weighted by molar-refractivity contribution is -0.119. The van der Waals surface area contributed by atoms with Crippen LogP contribution in [-0.4, -0.2) is 35.5 Å². The molecular formula is C15H16N4O5. The smallest absolute Gasteiger partial charge is 0.262 e. The number of hydrogen-bond acceptors (Lipinski definition) is 8. The maximum absolute atomic E-state index is 10.9. The molecule has 1 amide bonds. The zero-order valence-electron chi connectivity index (χ0n) is 13.2. The summed E-state index contributed by atoms with van der Waals surface area (Å²) in [4.78, 5) is 16.4. The molecule has 1 atom stereocenters. The summed E-state index contributed by atoms with van der Waals surface area (Å²) in [5, 5.41) is 11.6. The van der Waals surface area contributed by atoms with Crippen molar-refractivity contribution in [1.82, 2.24) is 10.2 Å². The Morgan fingerprint density at radius 2 is 2.25 bits per heavy atom. The monoisotopic (exact) mass is 332 g/mol. The Bertz CT molecular complexity index is 774. The average Bonchev–Trinajstić information content (AvgIpc) is 3.23. The quantitative estimate of drug-likeness (QED) is 0.836. The van der Waals surface area contributed by atoms with Gasteiger partial charge in [-0.15, -0.1) is 10.2 Å². The molecule has 2 heterocycles. The lowest BCUT2D eigenvalue weighted by Crippen LogP contribution is -2.22. The number of amides is 1. The van der Waals surface area contributed by atoms with E-state index in [0.29, 0.717) is 29.5 Å². The topological polar surface area (TPSA) is 122 Å². The van der Waals surface area contributed by atoms with Gasteiger partial charge in [0.1, 0.15) is 0 Å². The largest absolute Gasteiger partial charge is 0.493 e. The molecule has 0 fully saturated rings. The molecule has 1 unspecified atom stereocenters. The molecule has 0 bridgehead atoms. The normalized spacial score (nSPS) is 19.5. The molecule has 0 aliphatic carbocycles. The van der Waals surface area contributed by atoms with Gasteiger partial charge in [-0.05, 0) is 25.1 Å². The van der Waals surface area contributed by atoms with Gasteiger partial charge in [0, 0.05) is 12.0 Å². The first-order valence-electron chi connectivity index (χ1n) is 7.13. The highest BCUT2D eigenvalue weighted by molar-refractivity contribution is 6.02. The molecule has 2 N–H and O–H groups in total. The second-order valence-electron chi connectivity index (χ2n) is 5.40. The first kappa shape index (κ1) is 15.8. The molecule has 0 radical (unpaired) electrons. The van der Waals surface area contributed by atoms with Gasteiger partial charge in [0.05, 0.1) is 12.8 Å². The third-order valence-electron chi connectivity index (χ3n) is 3.54. The molecule has 1 aliphatic rings. The highest BCUT2D eigenvalue weighted by Crippen LogP contribution is 2.36. The number of benzene rings is 1. The summed E-state index contributed by atoms with van der Waals surface area (Å²) < 4.78 is 15.8. The van der Waals surface area contributed by atoms with Crippen molar-refractivity contribution in [3.05, 3.63) is 36.0 Å². The lowest BCUT2D eigenvalue weighted by Gasteiger charge is -2.16. The van der Waals surface area contributed by atoms with Crippen LogP contribution in [0.5, 0.6) is 11.5 Å². The number of rotatable bonds is 6. The number of carbonyl (C=O) groups excluding carboxylic acids is 1. The molecule has 0 spiro atoms. The van der Waals surface area contributed by atoms with Crippen molar-refractivity contribution in [2.75, 3.05) is 13.7 Å². The number of ether oxygens (including phenoxy) is 2. The van der Waals surface area contributed by atoms with E-state index in [1.165, 1.54) is 13.5 Å². The number of aromatic nitrogens is 2. The van der Waals surface area contributed by atoms with E-state index in [9.17, 15) is 4.79 Å². The predicted octanol–water partition coefficient (Wildman–Crippen LogP) is 0.982. The minimum absolute atomic E-state index is 0.248. The fourth-order valence-corrected chi connectivity index (χ4v) is 2.33. The summed E-state index contributed by atoms with van der Waals surface area (Å²) in [6, 6.07) is 5.25. The molecule has 9 nitrogen and oxygen atoms in total. The van der Waals surface area contributed by atoms with E-state index in [1.54, 1.807) is 12.1 Å². The summed E-state index contributed by atoms with van der Waals surface area (Å²) in [6.45, 7) is 1.56. The van der Waals surface area contributed by atoms with Gasteiger partial charge in [-0.2, -0.15) is 0 Å². The van der Waals surface area contributed by atoms with Gasteiger partial charge in [-0.25, -0.2) is 0 Å². The Morgan fingerprint density at radius 3 is 2.92 bits per heavy atom. The fraction of sp³-hybridized carbons (Fsp3) is 0.333. The SMILES string of the molecule is COc1ccc(C2=NOC(C)(c3nnco3)C2)cc1OCC(N)=O. The third-order valence-corrected chi connectivity index (χ3v) is 3.54. The second kappa shape index (κ2) is 6.19. The predicted molar refractivity (Wildman–Crippen MR) is 81.6 cm³/mol. The minimum atomic E-state index is -0.819. The van der Waals surface area contributed by atoms with Crippen LogP contribution < -0.4 is 15.2 Å². The van der Waals surface area contributed by atoms with Gasteiger partial charge in [0.25, 0.3) is 11.8 Å². The van der Waals surface area contributed by atoms with E-state index in [-0.39, 0.29) is 6.61 Å². The molecule has 3 rings (SSSR count). The van der Waals surface area contributed by atoms with Crippen LogP contribution in [0.4, 0.5) is 0 Å². The standard InChI is InChI=1S/C15H16N4O5/c1-15(14-18-17-8-23-14)6-10(19-24-15)9-3-4-11(21-2)12(5-9)22-7-13(16)20/h3-5,8H,6-7H2,1-2H3,(H2,16,20). The second-order valence-corrected chi connectivity index (χ2v) is 5.40. The fourth-order valence-electron chi connectivity index (χ4n) is 2.33. The van der Waals surface area contributed by atoms with Crippen LogP contribution in [0.25, 0.3) is 0 Å².